The molecule has 26 heavy (non-hydrogen) atoms. The molecule has 0 saturated heterocycles. The molecule has 1 aliphatic rings. The van der Waals surface area contributed by atoms with Crippen molar-refractivity contribution in [2.45, 2.75) is 45.3 Å². The average Bonchev–Trinajstić information content (AvgIpc) is 3.45. The second-order valence-electron chi connectivity index (χ2n) is 6.86. The molecule has 1 amide bonds. The first-order chi connectivity index (χ1) is 12.3. The maximum Gasteiger partial charge on any atom is 0.337 e. The first-order valence-corrected chi connectivity index (χ1v) is 8.64. The van der Waals surface area contributed by atoms with Crippen LogP contribution in [-0.2, 0) is 9.53 Å². The molecular formula is C19H25N3O4. The van der Waals surface area contributed by atoms with E-state index in [-0.39, 0.29) is 24.5 Å². The van der Waals surface area contributed by atoms with Crippen molar-refractivity contribution in [2.75, 3.05) is 19.0 Å². The molecule has 1 saturated carbocycles. The van der Waals surface area contributed by atoms with Crippen LogP contribution in [-0.4, -0.2) is 37.2 Å². The molecule has 140 valence electrons. The van der Waals surface area contributed by atoms with Crippen LogP contribution < -0.4 is 15.4 Å². The summed E-state index contributed by atoms with van der Waals surface area (Å²) >= 11 is 0. The van der Waals surface area contributed by atoms with Crippen LogP contribution in [0.25, 0.3) is 0 Å². The highest BCUT2D eigenvalue weighted by Crippen LogP contribution is 2.39. The highest BCUT2D eigenvalue weighted by molar-refractivity contribution is 5.91. The highest BCUT2D eigenvalue weighted by Gasteiger charge is 2.42. The van der Waals surface area contributed by atoms with E-state index in [0.717, 1.165) is 12.8 Å². The third-order valence-electron chi connectivity index (χ3n) is 4.23. The Balaban J connectivity index is 2.09. The van der Waals surface area contributed by atoms with E-state index in [9.17, 15) is 14.9 Å². The molecule has 1 atom stereocenters. The SMILES string of the molecule is COC(=O)c1ccc(OC(C)C)c(NCC(=O)N[C@](C)(C#N)C2CC2)c1. The van der Waals surface area contributed by atoms with Crippen molar-refractivity contribution < 1.29 is 19.1 Å². The third kappa shape index (κ3) is 4.88. The van der Waals surface area contributed by atoms with E-state index in [1.807, 2.05) is 13.8 Å². The first kappa shape index (κ1) is 19.6. The van der Waals surface area contributed by atoms with Crippen LogP contribution in [0.1, 0.15) is 44.0 Å². The summed E-state index contributed by atoms with van der Waals surface area (Å²) in [5.41, 5.74) is 0.0253. The number of hydrogen-bond donors (Lipinski definition) is 2. The summed E-state index contributed by atoms with van der Waals surface area (Å²) in [4.78, 5) is 24.0. The molecule has 0 heterocycles. The molecule has 7 heteroatoms. The summed E-state index contributed by atoms with van der Waals surface area (Å²) in [5.74, 6) is -0.0241. The maximum atomic E-state index is 12.3. The van der Waals surface area contributed by atoms with Gasteiger partial charge < -0.3 is 20.1 Å². The summed E-state index contributed by atoms with van der Waals surface area (Å²) in [6.45, 7) is 5.48. The van der Waals surface area contributed by atoms with Crippen LogP contribution in [0.15, 0.2) is 18.2 Å². The Labute approximate surface area is 153 Å². The average molecular weight is 359 g/mol. The molecule has 1 aliphatic carbocycles. The van der Waals surface area contributed by atoms with Gasteiger partial charge in [0.2, 0.25) is 5.91 Å². The summed E-state index contributed by atoms with van der Waals surface area (Å²) in [6.07, 6.45) is 1.83. The zero-order valence-electron chi connectivity index (χ0n) is 15.6. The summed E-state index contributed by atoms with van der Waals surface area (Å²) in [5, 5.41) is 15.1. The molecule has 2 N–H and O–H groups in total. The number of nitrogens with one attached hydrogen (secondary N) is 2. The molecular weight excluding hydrogens is 334 g/mol. The van der Waals surface area contributed by atoms with Crippen molar-refractivity contribution in [1.29, 1.82) is 5.26 Å². The number of anilines is 1. The molecule has 1 fully saturated rings. The number of nitrogens with zero attached hydrogens (tertiary/aromatic N) is 1. The van der Waals surface area contributed by atoms with E-state index in [2.05, 4.69) is 16.7 Å². The highest BCUT2D eigenvalue weighted by atomic mass is 16.5. The number of nitriles is 1. The second-order valence-corrected chi connectivity index (χ2v) is 6.86. The molecule has 1 aromatic carbocycles. The molecule has 0 bridgehead atoms. The number of esters is 1. The number of ether oxygens (including phenoxy) is 2. The zero-order valence-corrected chi connectivity index (χ0v) is 15.6. The number of carbonyl (C=O) groups is 2. The van der Waals surface area contributed by atoms with Gasteiger partial charge in [-0.25, -0.2) is 4.79 Å². The van der Waals surface area contributed by atoms with E-state index in [1.54, 1.807) is 25.1 Å². The van der Waals surface area contributed by atoms with Gasteiger partial charge in [-0.2, -0.15) is 5.26 Å². The Morgan fingerprint density at radius 3 is 2.62 bits per heavy atom. The van der Waals surface area contributed by atoms with Crippen molar-refractivity contribution in [2.24, 2.45) is 5.92 Å². The first-order valence-electron chi connectivity index (χ1n) is 8.64. The van der Waals surface area contributed by atoms with E-state index in [1.165, 1.54) is 7.11 Å². The molecule has 1 aromatic rings. The topological polar surface area (TPSA) is 100 Å². The van der Waals surface area contributed by atoms with Gasteiger partial charge >= 0.3 is 5.97 Å². The van der Waals surface area contributed by atoms with Crippen molar-refractivity contribution in [3.05, 3.63) is 23.8 Å². The van der Waals surface area contributed by atoms with Crippen molar-refractivity contribution in [1.82, 2.24) is 5.32 Å². The lowest BCUT2D eigenvalue weighted by Gasteiger charge is -2.23. The lowest BCUT2D eigenvalue weighted by Crippen LogP contribution is -2.48. The van der Waals surface area contributed by atoms with Gasteiger partial charge in [-0.3, -0.25) is 4.79 Å². The number of carbonyl (C=O) groups excluding carboxylic acids is 2. The third-order valence-corrected chi connectivity index (χ3v) is 4.23. The Kier molecular flexibility index (Phi) is 6.09. The van der Waals surface area contributed by atoms with Crippen LogP contribution >= 0.6 is 0 Å². The molecule has 0 spiro atoms. The minimum atomic E-state index is -0.843. The lowest BCUT2D eigenvalue weighted by molar-refractivity contribution is -0.120. The molecule has 0 unspecified atom stereocenters. The number of rotatable bonds is 8. The van der Waals surface area contributed by atoms with Crippen molar-refractivity contribution in [3.8, 4) is 11.8 Å². The van der Waals surface area contributed by atoms with Gasteiger partial charge in [0, 0.05) is 0 Å². The van der Waals surface area contributed by atoms with Crippen LogP contribution in [0.5, 0.6) is 5.75 Å². The van der Waals surface area contributed by atoms with Crippen LogP contribution in [0.2, 0.25) is 0 Å². The smallest absolute Gasteiger partial charge is 0.337 e. The predicted molar refractivity (Wildman–Crippen MR) is 96.9 cm³/mol. The van der Waals surface area contributed by atoms with Crippen LogP contribution in [0.4, 0.5) is 5.69 Å². The van der Waals surface area contributed by atoms with Gasteiger partial charge in [-0.15, -0.1) is 0 Å². The summed E-state index contributed by atoms with van der Waals surface area (Å²) in [7, 11) is 1.31. The normalized spacial score (nSPS) is 15.5. The summed E-state index contributed by atoms with van der Waals surface area (Å²) in [6, 6.07) is 7.05. The fraction of sp³-hybridized carbons (Fsp3) is 0.526. The molecule has 2 rings (SSSR count). The van der Waals surface area contributed by atoms with Gasteiger partial charge in [-0.05, 0) is 57.7 Å². The zero-order chi connectivity index (χ0) is 19.3. The molecule has 0 aromatic heterocycles. The predicted octanol–water partition coefficient (Wildman–Crippen LogP) is 2.48. The summed E-state index contributed by atoms with van der Waals surface area (Å²) < 4.78 is 10.4. The minimum Gasteiger partial charge on any atom is -0.489 e. The number of hydrogen-bond acceptors (Lipinski definition) is 6. The number of benzene rings is 1. The molecule has 7 nitrogen and oxygen atoms in total. The Morgan fingerprint density at radius 1 is 1.38 bits per heavy atom. The van der Waals surface area contributed by atoms with Crippen LogP contribution in [0, 0.1) is 17.2 Å². The Hall–Kier alpha value is -2.75. The van der Waals surface area contributed by atoms with Gasteiger partial charge in [-0.1, -0.05) is 0 Å². The van der Waals surface area contributed by atoms with E-state index >= 15 is 0 Å². The van der Waals surface area contributed by atoms with E-state index < -0.39 is 11.5 Å². The number of amides is 1. The quantitative estimate of drug-likeness (QED) is 0.692. The maximum absolute atomic E-state index is 12.3. The fourth-order valence-electron chi connectivity index (χ4n) is 2.66. The second kappa shape index (κ2) is 8.09. The van der Waals surface area contributed by atoms with Crippen molar-refractivity contribution in [3.63, 3.8) is 0 Å². The van der Waals surface area contributed by atoms with E-state index in [0.29, 0.717) is 17.0 Å². The monoisotopic (exact) mass is 359 g/mol. The largest absolute Gasteiger partial charge is 0.489 e. The fourth-order valence-corrected chi connectivity index (χ4v) is 2.66. The molecule has 0 radical (unpaired) electrons. The van der Waals surface area contributed by atoms with Crippen LogP contribution in [0.3, 0.4) is 0 Å². The van der Waals surface area contributed by atoms with Gasteiger partial charge in [0.05, 0.1) is 37.1 Å². The Bertz CT molecular complexity index is 722. The van der Waals surface area contributed by atoms with E-state index in [4.69, 9.17) is 9.47 Å². The minimum absolute atomic E-state index is 0.0386. The van der Waals surface area contributed by atoms with Gasteiger partial charge in [0.15, 0.2) is 0 Å². The Morgan fingerprint density at radius 2 is 2.08 bits per heavy atom. The van der Waals surface area contributed by atoms with Gasteiger partial charge in [0.25, 0.3) is 0 Å². The lowest BCUT2D eigenvalue weighted by atomic mass is 9.98. The number of methoxy groups -OCH3 is 1. The van der Waals surface area contributed by atoms with Crippen molar-refractivity contribution >= 4 is 17.6 Å². The standard InChI is InChI=1S/C19H25N3O4/c1-12(2)26-16-8-5-13(18(24)25-4)9-15(16)21-10-17(23)22-19(3,11-20)14-6-7-14/h5,8-9,12,14,21H,6-7,10H2,1-4H3,(H,22,23)/t19-/m1/s1. The van der Waals surface area contributed by atoms with Gasteiger partial charge in [0.1, 0.15) is 11.3 Å². The molecule has 0 aliphatic heterocycles.